The normalized spacial score (nSPS) is 14.8. The van der Waals surface area contributed by atoms with Crippen LogP contribution in [-0.2, 0) is 6.18 Å². The molecule has 0 spiro atoms. The van der Waals surface area contributed by atoms with E-state index in [0.29, 0.717) is 43.4 Å². The van der Waals surface area contributed by atoms with Gasteiger partial charge in [0.15, 0.2) is 11.5 Å². The lowest BCUT2D eigenvalue weighted by molar-refractivity contribution is -0.137. The molecule has 1 fully saturated rings. The zero-order valence-electron chi connectivity index (χ0n) is 16.6. The smallest absolute Gasteiger partial charge is 0.416 e. The average molecular weight is 418 g/mol. The molecule has 0 atom stereocenters. The van der Waals surface area contributed by atoms with Gasteiger partial charge in [-0.25, -0.2) is 9.97 Å². The first kappa shape index (κ1) is 20.1. The number of ether oxygens (including phenoxy) is 2. The van der Waals surface area contributed by atoms with Crippen LogP contribution in [0.2, 0.25) is 0 Å². The van der Waals surface area contributed by atoms with Crippen LogP contribution in [0.1, 0.15) is 5.56 Å². The maximum Gasteiger partial charge on any atom is 0.416 e. The molecule has 158 valence electrons. The summed E-state index contributed by atoms with van der Waals surface area (Å²) in [5, 5.41) is 0.836. The molecule has 2 heterocycles. The van der Waals surface area contributed by atoms with Crippen molar-refractivity contribution in [2.24, 2.45) is 0 Å². The van der Waals surface area contributed by atoms with E-state index in [-0.39, 0.29) is 0 Å². The van der Waals surface area contributed by atoms with Crippen LogP contribution in [0.4, 0.5) is 24.7 Å². The molecular formula is C21H21F3N4O2. The minimum absolute atomic E-state index is 0.573. The number of piperazine rings is 1. The summed E-state index contributed by atoms with van der Waals surface area (Å²) >= 11 is 0. The highest BCUT2D eigenvalue weighted by atomic mass is 19.4. The molecule has 0 unspecified atom stereocenters. The van der Waals surface area contributed by atoms with Gasteiger partial charge in [0.25, 0.3) is 0 Å². The summed E-state index contributed by atoms with van der Waals surface area (Å²) in [5.41, 5.74) is 0.673. The first-order valence-electron chi connectivity index (χ1n) is 9.44. The Morgan fingerprint density at radius 2 is 1.53 bits per heavy atom. The topological polar surface area (TPSA) is 50.7 Å². The van der Waals surface area contributed by atoms with Gasteiger partial charge in [-0.3, -0.25) is 0 Å². The van der Waals surface area contributed by atoms with Crippen molar-refractivity contribution in [3.05, 3.63) is 48.3 Å². The van der Waals surface area contributed by atoms with Gasteiger partial charge in [0.1, 0.15) is 12.1 Å². The van der Waals surface area contributed by atoms with E-state index in [1.54, 1.807) is 26.4 Å². The van der Waals surface area contributed by atoms with Gasteiger partial charge in [-0.1, -0.05) is 6.07 Å². The van der Waals surface area contributed by atoms with Crippen molar-refractivity contribution >= 4 is 22.4 Å². The summed E-state index contributed by atoms with van der Waals surface area (Å²) in [6.45, 7) is 2.41. The number of hydrogen-bond donors (Lipinski definition) is 0. The molecule has 30 heavy (non-hydrogen) atoms. The highest BCUT2D eigenvalue weighted by Gasteiger charge is 2.31. The molecule has 1 aromatic heterocycles. The number of aromatic nitrogens is 2. The van der Waals surface area contributed by atoms with E-state index < -0.39 is 11.7 Å². The van der Waals surface area contributed by atoms with Crippen molar-refractivity contribution in [3.63, 3.8) is 0 Å². The third kappa shape index (κ3) is 3.79. The van der Waals surface area contributed by atoms with Crippen LogP contribution in [0.5, 0.6) is 11.5 Å². The van der Waals surface area contributed by atoms with Crippen molar-refractivity contribution in [1.29, 1.82) is 0 Å². The Morgan fingerprint density at radius 3 is 2.20 bits per heavy atom. The second kappa shape index (κ2) is 7.89. The molecule has 1 aliphatic rings. The summed E-state index contributed by atoms with van der Waals surface area (Å²) in [4.78, 5) is 12.9. The number of methoxy groups -OCH3 is 2. The minimum Gasteiger partial charge on any atom is -0.493 e. The molecular weight excluding hydrogens is 397 g/mol. The number of benzene rings is 2. The van der Waals surface area contributed by atoms with Crippen LogP contribution in [-0.4, -0.2) is 50.4 Å². The largest absolute Gasteiger partial charge is 0.493 e. The molecule has 3 aromatic rings. The van der Waals surface area contributed by atoms with Crippen LogP contribution in [0.3, 0.4) is 0 Å². The Bertz CT molecular complexity index is 1050. The molecule has 0 aliphatic carbocycles. The lowest BCUT2D eigenvalue weighted by Gasteiger charge is -2.37. The van der Waals surface area contributed by atoms with Crippen molar-refractivity contribution < 1.29 is 22.6 Å². The van der Waals surface area contributed by atoms with Crippen molar-refractivity contribution in [1.82, 2.24) is 9.97 Å². The Labute approximate surface area is 171 Å². The molecule has 0 radical (unpaired) electrons. The zero-order chi connectivity index (χ0) is 21.3. The fourth-order valence-electron chi connectivity index (χ4n) is 3.68. The second-order valence-corrected chi connectivity index (χ2v) is 6.94. The van der Waals surface area contributed by atoms with Crippen LogP contribution < -0.4 is 19.3 Å². The molecule has 0 saturated carbocycles. The van der Waals surface area contributed by atoms with Gasteiger partial charge < -0.3 is 19.3 Å². The molecule has 2 aromatic carbocycles. The van der Waals surface area contributed by atoms with E-state index in [9.17, 15) is 13.2 Å². The SMILES string of the molecule is COc1cc2ncnc(N3CCN(c4cccc(C(F)(F)F)c4)CC3)c2cc1OC. The van der Waals surface area contributed by atoms with Gasteiger partial charge in [-0.05, 0) is 24.3 Å². The predicted octanol–water partition coefficient (Wildman–Crippen LogP) is 3.99. The van der Waals surface area contributed by atoms with Gasteiger partial charge in [0, 0.05) is 43.3 Å². The molecule has 0 N–H and O–H groups in total. The first-order valence-corrected chi connectivity index (χ1v) is 9.44. The highest BCUT2D eigenvalue weighted by Crippen LogP contribution is 2.35. The molecule has 0 amide bonds. The fourth-order valence-corrected chi connectivity index (χ4v) is 3.68. The number of rotatable bonds is 4. The quantitative estimate of drug-likeness (QED) is 0.639. The Kier molecular flexibility index (Phi) is 5.27. The van der Waals surface area contributed by atoms with Gasteiger partial charge in [0.2, 0.25) is 0 Å². The number of anilines is 2. The monoisotopic (exact) mass is 418 g/mol. The van der Waals surface area contributed by atoms with E-state index in [0.717, 1.165) is 22.8 Å². The van der Waals surface area contributed by atoms with E-state index in [4.69, 9.17) is 9.47 Å². The molecule has 6 nitrogen and oxygen atoms in total. The summed E-state index contributed by atoms with van der Waals surface area (Å²) in [7, 11) is 3.14. The van der Waals surface area contributed by atoms with Crippen LogP contribution in [0, 0.1) is 0 Å². The zero-order valence-corrected chi connectivity index (χ0v) is 16.6. The number of alkyl halides is 3. The van der Waals surface area contributed by atoms with Gasteiger partial charge in [-0.2, -0.15) is 13.2 Å². The number of hydrogen-bond acceptors (Lipinski definition) is 6. The Morgan fingerprint density at radius 1 is 0.867 bits per heavy atom. The highest BCUT2D eigenvalue weighted by molar-refractivity contribution is 5.92. The van der Waals surface area contributed by atoms with E-state index in [1.807, 2.05) is 11.0 Å². The summed E-state index contributed by atoms with van der Waals surface area (Å²) in [6.07, 6.45) is -2.85. The number of fused-ring (bicyclic) bond motifs is 1. The first-order chi connectivity index (χ1) is 14.4. The minimum atomic E-state index is -4.35. The number of halogens is 3. The lowest BCUT2D eigenvalue weighted by atomic mass is 10.1. The predicted molar refractivity (Wildman–Crippen MR) is 109 cm³/mol. The second-order valence-electron chi connectivity index (χ2n) is 6.94. The average Bonchev–Trinajstić information content (AvgIpc) is 2.77. The fraction of sp³-hybridized carbons (Fsp3) is 0.333. The Hall–Kier alpha value is -3.23. The lowest BCUT2D eigenvalue weighted by Crippen LogP contribution is -2.47. The summed E-state index contributed by atoms with van der Waals surface area (Å²) in [5.74, 6) is 1.94. The molecule has 1 aliphatic heterocycles. The van der Waals surface area contributed by atoms with Crippen LogP contribution >= 0.6 is 0 Å². The van der Waals surface area contributed by atoms with Crippen LogP contribution in [0.15, 0.2) is 42.7 Å². The van der Waals surface area contributed by atoms with Crippen molar-refractivity contribution in [2.45, 2.75) is 6.18 Å². The van der Waals surface area contributed by atoms with Crippen LogP contribution in [0.25, 0.3) is 10.9 Å². The van der Waals surface area contributed by atoms with Gasteiger partial charge in [0.05, 0.1) is 25.3 Å². The number of nitrogens with zero attached hydrogens (tertiary/aromatic N) is 4. The van der Waals surface area contributed by atoms with Crippen molar-refractivity contribution in [3.8, 4) is 11.5 Å². The molecule has 9 heteroatoms. The molecule has 1 saturated heterocycles. The van der Waals surface area contributed by atoms with E-state index >= 15 is 0 Å². The summed E-state index contributed by atoms with van der Waals surface area (Å²) in [6, 6.07) is 9.10. The maximum atomic E-state index is 13.0. The molecule has 0 bridgehead atoms. The van der Waals surface area contributed by atoms with E-state index in [2.05, 4.69) is 14.9 Å². The van der Waals surface area contributed by atoms with E-state index in [1.165, 1.54) is 18.5 Å². The standard InChI is InChI=1S/C21H21F3N4O2/c1-29-18-11-16-17(12-19(18)30-2)25-13-26-20(16)28-8-6-27(7-9-28)15-5-3-4-14(10-15)21(22,23)24/h3-5,10-13H,6-9H2,1-2H3. The summed E-state index contributed by atoms with van der Waals surface area (Å²) < 4.78 is 49.8. The van der Waals surface area contributed by atoms with Gasteiger partial charge in [-0.15, -0.1) is 0 Å². The van der Waals surface area contributed by atoms with Crippen molar-refractivity contribution in [2.75, 3.05) is 50.2 Å². The Balaban J connectivity index is 1.57. The molecule has 4 rings (SSSR count). The maximum absolute atomic E-state index is 13.0. The third-order valence-corrected chi connectivity index (χ3v) is 5.24. The van der Waals surface area contributed by atoms with Gasteiger partial charge >= 0.3 is 6.18 Å². The third-order valence-electron chi connectivity index (χ3n) is 5.24.